The number of aryl methyl sites for hydroxylation is 2. The van der Waals surface area contributed by atoms with Gasteiger partial charge in [-0.15, -0.1) is 0 Å². The summed E-state index contributed by atoms with van der Waals surface area (Å²) in [5.41, 5.74) is 2.39. The Morgan fingerprint density at radius 1 is 1.29 bits per heavy atom. The van der Waals surface area contributed by atoms with E-state index in [1.165, 1.54) is 5.56 Å². The van der Waals surface area contributed by atoms with E-state index in [4.69, 9.17) is 9.72 Å². The van der Waals surface area contributed by atoms with Gasteiger partial charge in [0, 0.05) is 32.4 Å². The van der Waals surface area contributed by atoms with E-state index in [2.05, 4.69) is 37.6 Å². The van der Waals surface area contributed by atoms with Crippen LogP contribution in [0.5, 0.6) is 0 Å². The molecule has 0 unspecified atom stereocenters. The van der Waals surface area contributed by atoms with Crippen LogP contribution in [-0.4, -0.2) is 76.4 Å². The Bertz CT molecular complexity index is 914. The molecule has 0 fully saturated rings. The first kappa shape index (κ1) is 25.8. The summed E-state index contributed by atoms with van der Waals surface area (Å²) >= 11 is 0. The first-order valence-corrected chi connectivity index (χ1v) is 11.9. The minimum atomic E-state index is -1.00. The lowest BCUT2D eigenvalue weighted by Crippen LogP contribution is -2.38. The SMILES string of the molecule is CO[C@H](C)CN(CCCCc1ccc2c(n1)NCCC2)CC[C@H](Nc1ncc(F)cn1)C(=O)O. The average molecular weight is 475 g/mol. The molecule has 0 radical (unpaired) electrons. The van der Waals surface area contributed by atoms with Crippen molar-refractivity contribution in [2.75, 3.05) is 43.9 Å². The fraction of sp³-hybridized carbons (Fsp3) is 0.583. The van der Waals surface area contributed by atoms with Gasteiger partial charge in [0.25, 0.3) is 0 Å². The molecule has 2 aromatic rings. The number of hydrogen-bond donors (Lipinski definition) is 3. The molecule has 0 spiro atoms. The summed E-state index contributed by atoms with van der Waals surface area (Å²) in [4.78, 5) is 26.3. The van der Waals surface area contributed by atoms with Crippen LogP contribution in [0.4, 0.5) is 16.2 Å². The zero-order chi connectivity index (χ0) is 24.3. The molecule has 186 valence electrons. The van der Waals surface area contributed by atoms with E-state index in [1.54, 1.807) is 7.11 Å². The minimum Gasteiger partial charge on any atom is -0.480 e. The standard InChI is InChI=1S/C24H35FN6O3/c1-17(34-2)16-31(13-10-21(23(32)33)30-24-27-14-19(25)15-28-24)12-4-3-7-20-9-8-18-6-5-11-26-22(18)29-20/h8-9,14-15,17,21H,3-7,10-13,16H2,1-2H3,(H,26,29)(H,32,33)(H,27,28,30)/t17-,21+/m1/s1. The van der Waals surface area contributed by atoms with Gasteiger partial charge in [-0.05, 0) is 63.6 Å². The third-order valence-electron chi connectivity index (χ3n) is 5.98. The normalized spacial score (nSPS) is 14.8. The van der Waals surface area contributed by atoms with Crippen LogP contribution >= 0.6 is 0 Å². The number of aliphatic carboxylic acids is 1. The van der Waals surface area contributed by atoms with Crippen molar-refractivity contribution in [3.8, 4) is 0 Å². The second-order valence-electron chi connectivity index (χ2n) is 8.69. The molecule has 0 aliphatic carbocycles. The van der Waals surface area contributed by atoms with E-state index >= 15 is 0 Å². The van der Waals surface area contributed by atoms with Crippen molar-refractivity contribution in [3.63, 3.8) is 0 Å². The van der Waals surface area contributed by atoms with Crippen LogP contribution in [0.3, 0.4) is 0 Å². The lowest BCUT2D eigenvalue weighted by atomic mass is 10.1. The van der Waals surface area contributed by atoms with Crippen LogP contribution in [0.25, 0.3) is 0 Å². The zero-order valence-electron chi connectivity index (χ0n) is 20.0. The molecule has 2 aromatic heterocycles. The van der Waals surface area contributed by atoms with E-state index in [1.807, 2.05) is 6.92 Å². The van der Waals surface area contributed by atoms with Gasteiger partial charge in [0.05, 0.1) is 18.5 Å². The molecule has 0 saturated heterocycles. The molecule has 3 heterocycles. The van der Waals surface area contributed by atoms with Gasteiger partial charge in [0.2, 0.25) is 5.95 Å². The van der Waals surface area contributed by atoms with Gasteiger partial charge in [-0.2, -0.15) is 0 Å². The van der Waals surface area contributed by atoms with Gasteiger partial charge in [0.15, 0.2) is 5.82 Å². The third-order valence-corrected chi connectivity index (χ3v) is 5.98. The molecular weight excluding hydrogens is 439 g/mol. The number of nitrogens with zero attached hydrogens (tertiary/aromatic N) is 4. The molecule has 0 saturated carbocycles. The Morgan fingerprint density at radius 2 is 2.09 bits per heavy atom. The van der Waals surface area contributed by atoms with Crippen LogP contribution in [0, 0.1) is 5.82 Å². The van der Waals surface area contributed by atoms with E-state index in [-0.39, 0.29) is 12.1 Å². The Morgan fingerprint density at radius 3 is 2.82 bits per heavy atom. The van der Waals surface area contributed by atoms with Crippen LogP contribution in [-0.2, 0) is 22.4 Å². The number of anilines is 2. The first-order valence-electron chi connectivity index (χ1n) is 11.9. The highest BCUT2D eigenvalue weighted by atomic mass is 19.1. The number of carboxylic acids is 1. The molecule has 9 nitrogen and oxygen atoms in total. The highest BCUT2D eigenvalue weighted by Crippen LogP contribution is 2.20. The topological polar surface area (TPSA) is 113 Å². The van der Waals surface area contributed by atoms with Crippen molar-refractivity contribution in [2.24, 2.45) is 0 Å². The average Bonchev–Trinajstić information content (AvgIpc) is 2.84. The van der Waals surface area contributed by atoms with Gasteiger partial charge in [-0.1, -0.05) is 6.07 Å². The molecular formula is C24H35FN6O3. The highest BCUT2D eigenvalue weighted by Gasteiger charge is 2.20. The van der Waals surface area contributed by atoms with Gasteiger partial charge in [-0.3, -0.25) is 0 Å². The number of nitrogens with one attached hydrogen (secondary N) is 2. The van der Waals surface area contributed by atoms with Crippen LogP contribution in [0.2, 0.25) is 0 Å². The highest BCUT2D eigenvalue weighted by molar-refractivity contribution is 5.76. The number of unbranched alkanes of at least 4 members (excludes halogenated alkanes) is 1. The van der Waals surface area contributed by atoms with Crippen molar-refractivity contribution < 1.29 is 19.0 Å². The second-order valence-corrected chi connectivity index (χ2v) is 8.69. The Balaban J connectivity index is 1.49. The molecule has 34 heavy (non-hydrogen) atoms. The molecule has 2 atom stereocenters. The largest absolute Gasteiger partial charge is 0.480 e. The maximum absolute atomic E-state index is 13.0. The molecule has 10 heteroatoms. The summed E-state index contributed by atoms with van der Waals surface area (Å²) in [6.45, 7) is 5.08. The predicted octanol–water partition coefficient (Wildman–Crippen LogP) is 2.98. The molecule has 1 aliphatic rings. The lowest BCUT2D eigenvalue weighted by Gasteiger charge is -2.26. The smallest absolute Gasteiger partial charge is 0.326 e. The van der Waals surface area contributed by atoms with Gasteiger partial charge >= 0.3 is 5.97 Å². The molecule has 0 amide bonds. The minimum absolute atomic E-state index is 0.0325. The summed E-state index contributed by atoms with van der Waals surface area (Å²) in [6, 6.07) is 3.43. The fourth-order valence-corrected chi connectivity index (χ4v) is 3.99. The van der Waals surface area contributed by atoms with Gasteiger partial charge < -0.3 is 25.4 Å². The molecule has 1 aliphatic heterocycles. The number of aromatic nitrogens is 3. The first-order chi connectivity index (χ1) is 16.4. The third kappa shape index (κ3) is 8.18. The number of pyridine rings is 1. The lowest BCUT2D eigenvalue weighted by molar-refractivity contribution is -0.138. The molecule has 3 rings (SSSR count). The fourth-order valence-electron chi connectivity index (χ4n) is 3.99. The summed E-state index contributed by atoms with van der Waals surface area (Å²) in [5, 5.41) is 15.8. The Labute approximate surface area is 200 Å². The number of halogens is 1. The summed E-state index contributed by atoms with van der Waals surface area (Å²) in [7, 11) is 1.67. The second kappa shape index (κ2) is 13.1. The Hall–Kier alpha value is -2.85. The molecule has 0 aromatic carbocycles. The van der Waals surface area contributed by atoms with Crippen molar-refractivity contribution in [1.29, 1.82) is 0 Å². The van der Waals surface area contributed by atoms with Crippen molar-refractivity contribution in [2.45, 2.75) is 57.6 Å². The molecule has 0 bridgehead atoms. The predicted molar refractivity (Wildman–Crippen MR) is 129 cm³/mol. The monoisotopic (exact) mass is 474 g/mol. The van der Waals surface area contributed by atoms with E-state index in [0.29, 0.717) is 19.5 Å². The van der Waals surface area contributed by atoms with Gasteiger partial charge in [-0.25, -0.2) is 24.1 Å². The quantitative estimate of drug-likeness (QED) is 0.356. The Kier molecular flexibility index (Phi) is 9.96. The van der Waals surface area contributed by atoms with Crippen molar-refractivity contribution in [3.05, 3.63) is 41.6 Å². The number of hydrogen-bond acceptors (Lipinski definition) is 8. The van der Waals surface area contributed by atoms with Crippen molar-refractivity contribution >= 4 is 17.7 Å². The number of carbonyl (C=O) groups is 1. The number of rotatable bonds is 14. The van der Waals surface area contributed by atoms with E-state index in [0.717, 1.165) is 69.1 Å². The summed E-state index contributed by atoms with van der Waals surface area (Å²) < 4.78 is 18.5. The van der Waals surface area contributed by atoms with Crippen LogP contribution in [0.15, 0.2) is 24.5 Å². The van der Waals surface area contributed by atoms with Crippen LogP contribution in [0.1, 0.15) is 43.9 Å². The number of methoxy groups -OCH3 is 1. The van der Waals surface area contributed by atoms with Gasteiger partial charge in [0.1, 0.15) is 11.9 Å². The number of ether oxygens (including phenoxy) is 1. The van der Waals surface area contributed by atoms with Crippen molar-refractivity contribution in [1.82, 2.24) is 19.9 Å². The van der Waals surface area contributed by atoms with E-state index in [9.17, 15) is 14.3 Å². The molecule has 3 N–H and O–H groups in total. The maximum atomic E-state index is 13.0. The number of carboxylic acid groups (broad SMARTS) is 1. The maximum Gasteiger partial charge on any atom is 0.326 e. The van der Waals surface area contributed by atoms with Crippen LogP contribution < -0.4 is 10.6 Å². The summed E-state index contributed by atoms with van der Waals surface area (Å²) in [6.07, 6.45) is 7.50. The number of fused-ring (bicyclic) bond motifs is 1. The van der Waals surface area contributed by atoms with E-state index < -0.39 is 17.8 Å². The zero-order valence-corrected chi connectivity index (χ0v) is 20.0. The summed E-state index contributed by atoms with van der Waals surface area (Å²) in [5.74, 6) is -0.451.